The van der Waals surface area contributed by atoms with Crippen molar-refractivity contribution < 1.29 is 0 Å². The van der Waals surface area contributed by atoms with Gasteiger partial charge < -0.3 is 10.6 Å². The lowest BCUT2D eigenvalue weighted by atomic mass is 10.3. The molecule has 68 valence electrons. The van der Waals surface area contributed by atoms with E-state index in [1.807, 2.05) is 11.0 Å². The van der Waals surface area contributed by atoms with Crippen molar-refractivity contribution in [2.75, 3.05) is 32.7 Å². The van der Waals surface area contributed by atoms with Crippen molar-refractivity contribution in [1.82, 2.24) is 9.80 Å². The first-order valence-corrected chi connectivity index (χ1v) is 4.16. The van der Waals surface area contributed by atoms with Crippen LogP contribution in [0.1, 0.15) is 0 Å². The summed E-state index contributed by atoms with van der Waals surface area (Å²) in [6.45, 7) is 8.31. The maximum absolute atomic E-state index is 7.22. The predicted octanol–water partition coefficient (Wildman–Crippen LogP) is -0.317. The predicted molar refractivity (Wildman–Crippen MR) is 50.1 cm³/mol. The van der Waals surface area contributed by atoms with Gasteiger partial charge in [-0.25, -0.2) is 0 Å². The molecule has 0 unspecified atom stereocenters. The number of rotatable bonds is 2. The SMILES string of the molecule is C=CCN1CCN(C(=N)N)CC1. The molecule has 0 aliphatic carbocycles. The first kappa shape index (κ1) is 9.06. The molecule has 0 aromatic carbocycles. The van der Waals surface area contributed by atoms with Crippen LogP contribution in [0.25, 0.3) is 0 Å². The topological polar surface area (TPSA) is 56.4 Å². The highest BCUT2D eigenvalue weighted by Crippen LogP contribution is 1.99. The average Bonchev–Trinajstić information content (AvgIpc) is 2.06. The Bertz CT molecular complexity index is 170. The van der Waals surface area contributed by atoms with E-state index in [4.69, 9.17) is 11.1 Å². The van der Waals surface area contributed by atoms with Crippen molar-refractivity contribution in [3.8, 4) is 0 Å². The number of hydrogen-bond acceptors (Lipinski definition) is 2. The lowest BCUT2D eigenvalue weighted by molar-refractivity contribution is 0.196. The van der Waals surface area contributed by atoms with Crippen LogP contribution in [0.4, 0.5) is 0 Å². The fourth-order valence-corrected chi connectivity index (χ4v) is 1.35. The normalized spacial score (nSPS) is 19.2. The standard InChI is InChI=1S/C8H16N4/c1-2-3-11-4-6-12(7-5-11)8(9)10/h2H,1,3-7H2,(H3,9,10). The van der Waals surface area contributed by atoms with Gasteiger partial charge in [0.1, 0.15) is 0 Å². The Morgan fingerprint density at radius 2 is 2.00 bits per heavy atom. The molecule has 3 N–H and O–H groups in total. The molecular weight excluding hydrogens is 152 g/mol. The third-order valence-electron chi connectivity index (χ3n) is 2.10. The van der Waals surface area contributed by atoms with Crippen LogP contribution in [0.15, 0.2) is 12.7 Å². The summed E-state index contributed by atoms with van der Waals surface area (Å²) in [7, 11) is 0. The molecule has 1 rings (SSSR count). The Morgan fingerprint density at radius 3 is 2.42 bits per heavy atom. The Morgan fingerprint density at radius 1 is 1.42 bits per heavy atom. The minimum Gasteiger partial charge on any atom is -0.370 e. The van der Waals surface area contributed by atoms with Crippen molar-refractivity contribution >= 4 is 5.96 Å². The molecule has 0 atom stereocenters. The first-order valence-electron chi connectivity index (χ1n) is 4.16. The molecule has 1 heterocycles. The number of hydrogen-bond donors (Lipinski definition) is 2. The minimum absolute atomic E-state index is 0.188. The van der Waals surface area contributed by atoms with Crippen LogP contribution in [0.5, 0.6) is 0 Å². The molecule has 0 amide bonds. The van der Waals surface area contributed by atoms with E-state index in [1.165, 1.54) is 0 Å². The highest BCUT2D eigenvalue weighted by atomic mass is 15.3. The van der Waals surface area contributed by atoms with Crippen LogP contribution in [-0.2, 0) is 0 Å². The molecule has 0 radical (unpaired) electrons. The summed E-state index contributed by atoms with van der Waals surface area (Å²) in [5, 5.41) is 7.22. The summed E-state index contributed by atoms with van der Waals surface area (Å²) in [6, 6.07) is 0. The fraction of sp³-hybridized carbons (Fsp3) is 0.625. The Balaban J connectivity index is 2.29. The van der Waals surface area contributed by atoms with Gasteiger partial charge in [0.05, 0.1) is 0 Å². The summed E-state index contributed by atoms with van der Waals surface area (Å²) in [5.74, 6) is 0.188. The monoisotopic (exact) mass is 168 g/mol. The number of nitrogens with zero attached hydrogens (tertiary/aromatic N) is 2. The first-order chi connectivity index (χ1) is 5.74. The average molecular weight is 168 g/mol. The van der Waals surface area contributed by atoms with Crippen LogP contribution in [0.2, 0.25) is 0 Å². The van der Waals surface area contributed by atoms with Gasteiger partial charge >= 0.3 is 0 Å². The number of nitrogens with one attached hydrogen (secondary N) is 1. The molecule has 0 saturated carbocycles. The zero-order valence-electron chi connectivity index (χ0n) is 7.29. The van der Waals surface area contributed by atoms with Gasteiger partial charge in [0.2, 0.25) is 0 Å². The second-order valence-corrected chi connectivity index (χ2v) is 2.96. The molecule has 0 aromatic rings. The van der Waals surface area contributed by atoms with E-state index in [0.29, 0.717) is 0 Å². The quantitative estimate of drug-likeness (QED) is 0.337. The molecule has 1 fully saturated rings. The van der Waals surface area contributed by atoms with E-state index < -0.39 is 0 Å². The van der Waals surface area contributed by atoms with Crippen molar-refractivity contribution in [3.05, 3.63) is 12.7 Å². The van der Waals surface area contributed by atoms with Crippen LogP contribution in [0, 0.1) is 5.41 Å². The van der Waals surface area contributed by atoms with Crippen LogP contribution >= 0.6 is 0 Å². The molecular formula is C8H16N4. The molecule has 12 heavy (non-hydrogen) atoms. The van der Waals surface area contributed by atoms with E-state index >= 15 is 0 Å². The van der Waals surface area contributed by atoms with Gasteiger partial charge in [-0.1, -0.05) is 6.08 Å². The van der Waals surface area contributed by atoms with Gasteiger partial charge in [0, 0.05) is 32.7 Å². The van der Waals surface area contributed by atoms with Crippen molar-refractivity contribution in [2.24, 2.45) is 5.73 Å². The largest absolute Gasteiger partial charge is 0.370 e. The third kappa shape index (κ3) is 2.23. The van der Waals surface area contributed by atoms with E-state index in [0.717, 1.165) is 32.7 Å². The van der Waals surface area contributed by atoms with Gasteiger partial charge in [0.15, 0.2) is 5.96 Å². The van der Waals surface area contributed by atoms with Gasteiger partial charge in [-0.3, -0.25) is 10.3 Å². The maximum atomic E-state index is 7.22. The molecule has 4 heteroatoms. The van der Waals surface area contributed by atoms with E-state index in [-0.39, 0.29) is 5.96 Å². The zero-order valence-corrected chi connectivity index (χ0v) is 7.29. The lowest BCUT2D eigenvalue weighted by Gasteiger charge is -2.34. The molecule has 4 nitrogen and oxygen atoms in total. The molecule has 0 spiro atoms. The van der Waals surface area contributed by atoms with Gasteiger partial charge in [-0.15, -0.1) is 6.58 Å². The molecule has 0 bridgehead atoms. The van der Waals surface area contributed by atoms with E-state index in [2.05, 4.69) is 11.5 Å². The summed E-state index contributed by atoms with van der Waals surface area (Å²) in [5.41, 5.74) is 5.36. The molecule has 1 aliphatic heterocycles. The van der Waals surface area contributed by atoms with E-state index in [1.54, 1.807) is 0 Å². The van der Waals surface area contributed by atoms with Crippen LogP contribution in [0.3, 0.4) is 0 Å². The Labute approximate surface area is 73.1 Å². The van der Waals surface area contributed by atoms with Crippen molar-refractivity contribution in [3.63, 3.8) is 0 Å². The zero-order chi connectivity index (χ0) is 8.97. The molecule has 1 aliphatic rings. The van der Waals surface area contributed by atoms with Crippen molar-refractivity contribution in [1.29, 1.82) is 5.41 Å². The minimum atomic E-state index is 0.188. The second-order valence-electron chi connectivity index (χ2n) is 2.96. The van der Waals surface area contributed by atoms with Gasteiger partial charge in [0.25, 0.3) is 0 Å². The maximum Gasteiger partial charge on any atom is 0.188 e. The van der Waals surface area contributed by atoms with Crippen LogP contribution in [-0.4, -0.2) is 48.5 Å². The second kappa shape index (κ2) is 4.11. The number of nitrogens with two attached hydrogens (primary N) is 1. The highest BCUT2D eigenvalue weighted by molar-refractivity contribution is 5.74. The summed E-state index contributed by atoms with van der Waals surface area (Å²) < 4.78 is 0. The third-order valence-corrected chi connectivity index (χ3v) is 2.10. The smallest absolute Gasteiger partial charge is 0.188 e. The van der Waals surface area contributed by atoms with Crippen molar-refractivity contribution in [2.45, 2.75) is 0 Å². The fourth-order valence-electron chi connectivity index (χ4n) is 1.35. The number of guanidine groups is 1. The molecule has 0 aromatic heterocycles. The summed E-state index contributed by atoms with van der Waals surface area (Å²) in [4.78, 5) is 4.19. The summed E-state index contributed by atoms with van der Waals surface area (Å²) in [6.07, 6.45) is 1.91. The van der Waals surface area contributed by atoms with Gasteiger partial charge in [-0.05, 0) is 0 Å². The highest BCUT2D eigenvalue weighted by Gasteiger charge is 2.15. The van der Waals surface area contributed by atoms with Gasteiger partial charge in [-0.2, -0.15) is 0 Å². The molecule has 1 saturated heterocycles. The summed E-state index contributed by atoms with van der Waals surface area (Å²) >= 11 is 0. The Hall–Kier alpha value is -1.03. The Kier molecular flexibility index (Phi) is 3.10. The lowest BCUT2D eigenvalue weighted by Crippen LogP contribution is -2.50. The number of piperazine rings is 1. The van der Waals surface area contributed by atoms with E-state index in [9.17, 15) is 0 Å². The van der Waals surface area contributed by atoms with Crippen LogP contribution < -0.4 is 5.73 Å².